The molecule has 2 rings (SSSR count). The highest BCUT2D eigenvalue weighted by atomic mass is 79.9. The summed E-state index contributed by atoms with van der Waals surface area (Å²) in [6.07, 6.45) is 0. The first-order valence-corrected chi connectivity index (χ1v) is 5.63. The summed E-state index contributed by atoms with van der Waals surface area (Å²) in [5.41, 5.74) is 1.26. The molecule has 3 heteroatoms. The molecule has 1 aliphatic rings. The number of fused-ring (bicyclic) bond motifs is 1. The van der Waals surface area contributed by atoms with Crippen LogP contribution in [0, 0.1) is 0 Å². The van der Waals surface area contributed by atoms with Gasteiger partial charge in [0.25, 0.3) is 0 Å². The van der Waals surface area contributed by atoms with Crippen LogP contribution >= 0.6 is 27.7 Å². The number of thioether (sulfide) groups is 1. The molecule has 0 saturated carbocycles. The topological polar surface area (TPSA) is 12.0 Å². The molecule has 1 unspecified atom stereocenters. The minimum Gasteiger partial charge on any atom is -0.383 e. The van der Waals surface area contributed by atoms with Gasteiger partial charge in [-0.1, -0.05) is 22.9 Å². The molecule has 64 valence electrons. The number of anilines is 1. The number of benzene rings is 1. The molecule has 0 fully saturated rings. The highest BCUT2D eigenvalue weighted by Gasteiger charge is 2.14. The number of rotatable bonds is 0. The van der Waals surface area contributed by atoms with Crippen molar-refractivity contribution in [3.8, 4) is 0 Å². The van der Waals surface area contributed by atoms with E-state index in [1.54, 1.807) is 0 Å². The fourth-order valence-electron chi connectivity index (χ4n) is 1.26. The van der Waals surface area contributed by atoms with E-state index in [1.165, 1.54) is 10.6 Å². The Morgan fingerprint density at radius 1 is 1.58 bits per heavy atom. The standard InChI is InChI=1S/C9H10BrNS/c1-6-5-11-8-4-7(10)2-3-9(8)12-6/h2-4,6,11H,5H2,1H3. The quantitative estimate of drug-likeness (QED) is 0.751. The molecule has 0 radical (unpaired) electrons. The zero-order valence-corrected chi connectivity index (χ0v) is 9.21. The van der Waals surface area contributed by atoms with E-state index in [2.05, 4.69) is 46.4 Å². The van der Waals surface area contributed by atoms with E-state index < -0.39 is 0 Å². The summed E-state index contributed by atoms with van der Waals surface area (Å²) in [5, 5.41) is 4.08. The van der Waals surface area contributed by atoms with Crippen molar-refractivity contribution in [1.82, 2.24) is 0 Å². The highest BCUT2D eigenvalue weighted by Crippen LogP contribution is 2.36. The molecule has 0 aliphatic carbocycles. The lowest BCUT2D eigenvalue weighted by Gasteiger charge is -2.22. The Morgan fingerprint density at radius 2 is 2.42 bits per heavy atom. The second kappa shape index (κ2) is 3.30. The van der Waals surface area contributed by atoms with Crippen LogP contribution in [-0.4, -0.2) is 11.8 Å². The van der Waals surface area contributed by atoms with E-state index in [0.29, 0.717) is 5.25 Å². The summed E-state index contributed by atoms with van der Waals surface area (Å²) in [4.78, 5) is 1.36. The summed E-state index contributed by atoms with van der Waals surface area (Å²) in [6.45, 7) is 3.30. The average molecular weight is 244 g/mol. The number of nitrogens with one attached hydrogen (secondary N) is 1. The lowest BCUT2D eigenvalue weighted by molar-refractivity contribution is 0.974. The number of halogens is 1. The first-order chi connectivity index (χ1) is 5.75. The van der Waals surface area contributed by atoms with Crippen molar-refractivity contribution in [1.29, 1.82) is 0 Å². The second-order valence-corrected chi connectivity index (χ2v) is 5.35. The van der Waals surface area contributed by atoms with Crippen LogP contribution in [-0.2, 0) is 0 Å². The van der Waals surface area contributed by atoms with E-state index in [9.17, 15) is 0 Å². The molecule has 0 bridgehead atoms. The summed E-state index contributed by atoms with van der Waals surface area (Å²) in [7, 11) is 0. The molecule has 0 amide bonds. The van der Waals surface area contributed by atoms with Gasteiger partial charge in [0.15, 0.2) is 0 Å². The first kappa shape index (κ1) is 8.45. The Hall–Kier alpha value is -0.150. The van der Waals surface area contributed by atoms with Gasteiger partial charge in [0.1, 0.15) is 0 Å². The SMILES string of the molecule is CC1CNc2cc(Br)ccc2S1. The molecule has 1 heterocycles. The molecular formula is C9H10BrNS. The predicted octanol–water partition coefficient (Wildman–Crippen LogP) is 3.36. The van der Waals surface area contributed by atoms with Gasteiger partial charge in [0.05, 0.1) is 0 Å². The van der Waals surface area contributed by atoms with Crippen molar-refractivity contribution in [2.45, 2.75) is 17.1 Å². The van der Waals surface area contributed by atoms with Crippen LogP contribution in [0.2, 0.25) is 0 Å². The first-order valence-electron chi connectivity index (χ1n) is 3.96. The molecule has 1 N–H and O–H groups in total. The third-order valence-corrected chi connectivity index (χ3v) is 3.52. The Kier molecular flexibility index (Phi) is 2.33. The Bertz CT molecular complexity index is 301. The normalized spacial score (nSPS) is 21.3. The van der Waals surface area contributed by atoms with Crippen LogP contribution < -0.4 is 5.32 Å². The van der Waals surface area contributed by atoms with Crippen LogP contribution in [0.5, 0.6) is 0 Å². The summed E-state index contributed by atoms with van der Waals surface area (Å²) < 4.78 is 1.14. The largest absolute Gasteiger partial charge is 0.383 e. The lowest BCUT2D eigenvalue weighted by Crippen LogP contribution is -2.17. The Labute approximate surface area is 85.1 Å². The fraction of sp³-hybridized carbons (Fsp3) is 0.333. The molecule has 12 heavy (non-hydrogen) atoms. The van der Waals surface area contributed by atoms with Gasteiger partial charge in [0.2, 0.25) is 0 Å². The van der Waals surface area contributed by atoms with E-state index in [1.807, 2.05) is 11.8 Å². The maximum absolute atomic E-state index is 3.46. The minimum absolute atomic E-state index is 0.679. The Balaban J connectivity index is 2.37. The van der Waals surface area contributed by atoms with Gasteiger partial charge in [-0.15, -0.1) is 11.8 Å². The molecule has 1 aromatic rings. The summed E-state index contributed by atoms with van der Waals surface area (Å²) >= 11 is 5.39. The monoisotopic (exact) mass is 243 g/mol. The number of hydrogen-bond donors (Lipinski definition) is 1. The zero-order chi connectivity index (χ0) is 8.55. The van der Waals surface area contributed by atoms with Crippen molar-refractivity contribution in [2.75, 3.05) is 11.9 Å². The van der Waals surface area contributed by atoms with Crippen LogP contribution in [0.1, 0.15) is 6.92 Å². The molecule has 1 aliphatic heterocycles. The van der Waals surface area contributed by atoms with Crippen molar-refractivity contribution in [3.63, 3.8) is 0 Å². The third kappa shape index (κ3) is 1.62. The van der Waals surface area contributed by atoms with Crippen LogP contribution in [0.15, 0.2) is 27.6 Å². The van der Waals surface area contributed by atoms with E-state index in [0.717, 1.165) is 11.0 Å². The minimum atomic E-state index is 0.679. The predicted molar refractivity (Wildman–Crippen MR) is 58.0 cm³/mol. The fourth-order valence-corrected chi connectivity index (χ4v) is 2.62. The van der Waals surface area contributed by atoms with Gasteiger partial charge in [-0.3, -0.25) is 0 Å². The molecule has 1 atom stereocenters. The lowest BCUT2D eigenvalue weighted by atomic mass is 10.3. The highest BCUT2D eigenvalue weighted by molar-refractivity contribution is 9.10. The van der Waals surface area contributed by atoms with E-state index in [4.69, 9.17) is 0 Å². The molecule has 1 nitrogen and oxygen atoms in total. The Morgan fingerprint density at radius 3 is 3.25 bits per heavy atom. The smallest absolute Gasteiger partial charge is 0.0490 e. The van der Waals surface area contributed by atoms with Gasteiger partial charge in [-0.05, 0) is 18.2 Å². The van der Waals surface area contributed by atoms with E-state index in [-0.39, 0.29) is 0 Å². The average Bonchev–Trinajstić information content (AvgIpc) is 2.05. The third-order valence-electron chi connectivity index (χ3n) is 1.85. The number of hydrogen-bond acceptors (Lipinski definition) is 2. The van der Waals surface area contributed by atoms with Gasteiger partial charge < -0.3 is 5.32 Å². The van der Waals surface area contributed by atoms with Crippen LogP contribution in [0.3, 0.4) is 0 Å². The molecule has 1 aromatic carbocycles. The van der Waals surface area contributed by atoms with Gasteiger partial charge >= 0.3 is 0 Å². The van der Waals surface area contributed by atoms with Crippen molar-refractivity contribution in [2.24, 2.45) is 0 Å². The molecule has 0 spiro atoms. The molecular weight excluding hydrogens is 234 g/mol. The maximum atomic E-state index is 3.46. The zero-order valence-electron chi connectivity index (χ0n) is 6.80. The maximum Gasteiger partial charge on any atom is 0.0490 e. The van der Waals surface area contributed by atoms with Crippen LogP contribution in [0.25, 0.3) is 0 Å². The van der Waals surface area contributed by atoms with Crippen molar-refractivity contribution < 1.29 is 0 Å². The van der Waals surface area contributed by atoms with Crippen molar-refractivity contribution >= 4 is 33.4 Å². The van der Waals surface area contributed by atoms with Crippen molar-refractivity contribution in [3.05, 3.63) is 22.7 Å². The van der Waals surface area contributed by atoms with Gasteiger partial charge in [-0.25, -0.2) is 0 Å². The van der Waals surface area contributed by atoms with Crippen LogP contribution in [0.4, 0.5) is 5.69 Å². The summed E-state index contributed by atoms with van der Waals surface area (Å²) in [6, 6.07) is 6.38. The molecule has 0 saturated heterocycles. The van der Waals surface area contributed by atoms with Gasteiger partial charge in [0, 0.05) is 26.9 Å². The summed E-state index contributed by atoms with van der Waals surface area (Å²) in [5.74, 6) is 0. The van der Waals surface area contributed by atoms with Gasteiger partial charge in [-0.2, -0.15) is 0 Å². The second-order valence-electron chi connectivity index (χ2n) is 2.95. The van der Waals surface area contributed by atoms with E-state index >= 15 is 0 Å². The molecule has 0 aromatic heterocycles.